The second-order valence-corrected chi connectivity index (χ2v) is 5.75. The van der Waals surface area contributed by atoms with Crippen LogP contribution in [0.2, 0.25) is 0 Å². The standard InChI is InChI=1S/C18H19NO/c1-12-17(10-11-20-12)19-18-15-8-4-2-6-13(15)14-7-3-5-9-16(14)18/h2-9,12,17-19H,10-11H2,1H3. The van der Waals surface area contributed by atoms with Crippen molar-refractivity contribution in [2.75, 3.05) is 6.61 Å². The summed E-state index contributed by atoms with van der Waals surface area (Å²) in [4.78, 5) is 0. The lowest BCUT2D eigenvalue weighted by molar-refractivity contribution is 0.112. The van der Waals surface area contributed by atoms with Gasteiger partial charge in [-0.05, 0) is 35.6 Å². The van der Waals surface area contributed by atoms with Crippen LogP contribution >= 0.6 is 0 Å². The van der Waals surface area contributed by atoms with Crippen molar-refractivity contribution in [2.24, 2.45) is 0 Å². The maximum atomic E-state index is 5.69. The molecule has 1 aliphatic heterocycles. The Kier molecular flexibility index (Phi) is 2.86. The van der Waals surface area contributed by atoms with Crippen molar-refractivity contribution in [1.82, 2.24) is 5.32 Å². The summed E-state index contributed by atoms with van der Waals surface area (Å²) < 4.78 is 5.69. The van der Waals surface area contributed by atoms with Gasteiger partial charge >= 0.3 is 0 Å². The molecule has 1 heterocycles. The van der Waals surface area contributed by atoms with Crippen molar-refractivity contribution in [3.8, 4) is 11.1 Å². The third-order valence-electron chi connectivity index (χ3n) is 4.59. The van der Waals surface area contributed by atoms with Crippen molar-refractivity contribution in [3.05, 3.63) is 59.7 Å². The van der Waals surface area contributed by atoms with E-state index in [4.69, 9.17) is 4.74 Å². The highest BCUT2D eigenvalue weighted by atomic mass is 16.5. The minimum Gasteiger partial charge on any atom is -0.377 e. The first-order valence-electron chi connectivity index (χ1n) is 7.40. The van der Waals surface area contributed by atoms with Gasteiger partial charge in [0.05, 0.1) is 12.1 Å². The summed E-state index contributed by atoms with van der Waals surface area (Å²) in [5.74, 6) is 0. The number of fused-ring (bicyclic) bond motifs is 3. The maximum Gasteiger partial charge on any atom is 0.0701 e. The highest BCUT2D eigenvalue weighted by Crippen LogP contribution is 2.43. The van der Waals surface area contributed by atoms with Gasteiger partial charge in [0.25, 0.3) is 0 Å². The highest BCUT2D eigenvalue weighted by Gasteiger charge is 2.32. The van der Waals surface area contributed by atoms with E-state index in [9.17, 15) is 0 Å². The van der Waals surface area contributed by atoms with Crippen LogP contribution in [0.4, 0.5) is 0 Å². The van der Waals surface area contributed by atoms with E-state index in [1.165, 1.54) is 22.3 Å². The fourth-order valence-corrected chi connectivity index (χ4v) is 3.50. The zero-order chi connectivity index (χ0) is 13.5. The Labute approximate surface area is 119 Å². The van der Waals surface area contributed by atoms with Gasteiger partial charge in [0.2, 0.25) is 0 Å². The summed E-state index contributed by atoms with van der Waals surface area (Å²) in [5, 5.41) is 3.81. The SMILES string of the molecule is CC1OCCC1NC1c2ccccc2-c2ccccc21. The number of hydrogen-bond donors (Lipinski definition) is 1. The van der Waals surface area contributed by atoms with Gasteiger partial charge < -0.3 is 10.1 Å². The van der Waals surface area contributed by atoms with E-state index in [1.807, 2.05) is 0 Å². The van der Waals surface area contributed by atoms with E-state index in [-0.39, 0.29) is 0 Å². The molecule has 1 aliphatic carbocycles. The zero-order valence-corrected chi connectivity index (χ0v) is 11.7. The van der Waals surface area contributed by atoms with Gasteiger partial charge in [-0.25, -0.2) is 0 Å². The molecule has 2 aliphatic rings. The number of hydrogen-bond acceptors (Lipinski definition) is 2. The van der Waals surface area contributed by atoms with E-state index >= 15 is 0 Å². The molecule has 1 N–H and O–H groups in total. The van der Waals surface area contributed by atoms with Gasteiger partial charge in [0.1, 0.15) is 0 Å². The predicted molar refractivity (Wildman–Crippen MR) is 80.7 cm³/mol. The van der Waals surface area contributed by atoms with Crippen LogP contribution in [0.15, 0.2) is 48.5 Å². The third kappa shape index (κ3) is 1.80. The summed E-state index contributed by atoms with van der Waals surface area (Å²) in [5.41, 5.74) is 5.53. The summed E-state index contributed by atoms with van der Waals surface area (Å²) >= 11 is 0. The maximum absolute atomic E-state index is 5.69. The minimum atomic E-state index is 0.301. The Balaban J connectivity index is 1.75. The van der Waals surface area contributed by atoms with Gasteiger partial charge in [-0.1, -0.05) is 48.5 Å². The fraction of sp³-hybridized carbons (Fsp3) is 0.333. The Morgan fingerprint density at radius 3 is 2.10 bits per heavy atom. The molecule has 2 aromatic rings. The van der Waals surface area contributed by atoms with Crippen molar-refractivity contribution >= 4 is 0 Å². The van der Waals surface area contributed by atoms with Crippen LogP contribution in [0.1, 0.15) is 30.5 Å². The second kappa shape index (κ2) is 4.72. The van der Waals surface area contributed by atoms with Crippen molar-refractivity contribution in [3.63, 3.8) is 0 Å². The van der Waals surface area contributed by atoms with Crippen LogP contribution < -0.4 is 5.32 Å². The molecular formula is C18H19NO. The Bertz CT molecular complexity index is 591. The topological polar surface area (TPSA) is 21.3 Å². The van der Waals surface area contributed by atoms with Gasteiger partial charge in [0, 0.05) is 12.6 Å². The summed E-state index contributed by atoms with van der Waals surface area (Å²) in [6.45, 7) is 3.03. The van der Waals surface area contributed by atoms with Gasteiger partial charge in [0.15, 0.2) is 0 Å². The molecule has 0 spiro atoms. The Morgan fingerprint density at radius 1 is 0.950 bits per heavy atom. The third-order valence-corrected chi connectivity index (χ3v) is 4.59. The molecule has 2 heteroatoms. The van der Waals surface area contributed by atoms with E-state index < -0.39 is 0 Å². The van der Waals surface area contributed by atoms with Crippen LogP contribution in [-0.2, 0) is 4.74 Å². The molecule has 2 aromatic carbocycles. The molecule has 2 nitrogen and oxygen atoms in total. The average molecular weight is 265 g/mol. The lowest BCUT2D eigenvalue weighted by Gasteiger charge is -2.23. The van der Waals surface area contributed by atoms with Crippen LogP contribution in [0.25, 0.3) is 11.1 Å². The molecule has 4 rings (SSSR count). The average Bonchev–Trinajstić information content (AvgIpc) is 3.03. The monoisotopic (exact) mass is 265 g/mol. The molecule has 0 radical (unpaired) electrons. The summed E-state index contributed by atoms with van der Waals surface area (Å²) in [6.07, 6.45) is 1.40. The minimum absolute atomic E-state index is 0.301. The second-order valence-electron chi connectivity index (χ2n) is 5.75. The smallest absolute Gasteiger partial charge is 0.0701 e. The number of benzene rings is 2. The van der Waals surface area contributed by atoms with Crippen molar-refractivity contribution < 1.29 is 4.74 Å². The van der Waals surface area contributed by atoms with Crippen LogP contribution in [0.3, 0.4) is 0 Å². The Hall–Kier alpha value is -1.64. The Morgan fingerprint density at radius 2 is 1.55 bits per heavy atom. The predicted octanol–water partition coefficient (Wildman–Crippen LogP) is 3.52. The summed E-state index contributed by atoms with van der Waals surface area (Å²) in [6, 6.07) is 18.2. The molecular weight excluding hydrogens is 246 g/mol. The normalized spacial score (nSPS) is 24.6. The van der Waals surface area contributed by atoms with Crippen LogP contribution in [0, 0.1) is 0 Å². The molecule has 1 fully saturated rings. The lowest BCUT2D eigenvalue weighted by Crippen LogP contribution is -2.37. The summed E-state index contributed by atoms with van der Waals surface area (Å²) in [7, 11) is 0. The van der Waals surface area contributed by atoms with E-state index in [0.29, 0.717) is 18.2 Å². The molecule has 1 saturated heterocycles. The first-order valence-corrected chi connectivity index (χ1v) is 7.40. The zero-order valence-electron chi connectivity index (χ0n) is 11.7. The number of nitrogens with one attached hydrogen (secondary N) is 1. The van der Waals surface area contributed by atoms with Crippen molar-refractivity contribution in [2.45, 2.75) is 31.5 Å². The molecule has 0 aromatic heterocycles. The molecule has 0 saturated carbocycles. The van der Waals surface area contributed by atoms with Crippen LogP contribution in [0.5, 0.6) is 0 Å². The first kappa shape index (κ1) is 12.1. The molecule has 20 heavy (non-hydrogen) atoms. The molecule has 0 bridgehead atoms. The van der Waals surface area contributed by atoms with Crippen molar-refractivity contribution in [1.29, 1.82) is 0 Å². The molecule has 2 atom stereocenters. The molecule has 0 amide bonds. The van der Waals surface area contributed by atoms with Crippen LogP contribution in [-0.4, -0.2) is 18.8 Å². The molecule has 2 unspecified atom stereocenters. The quantitative estimate of drug-likeness (QED) is 0.897. The van der Waals surface area contributed by atoms with E-state index in [2.05, 4.69) is 60.8 Å². The number of ether oxygens (including phenoxy) is 1. The lowest BCUT2D eigenvalue weighted by atomic mass is 10.0. The fourth-order valence-electron chi connectivity index (χ4n) is 3.50. The highest BCUT2D eigenvalue weighted by molar-refractivity contribution is 5.78. The van der Waals surface area contributed by atoms with E-state index in [1.54, 1.807) is 0 Å². The number of rotatable bonds is 2. The van der Waals surface area contributed by atoms with Gasteiger partial charge in [-0.15, -0.1) is 0 Å². The van der Waals surface area contributed by atoms with Gasteiger partial charge in [-0.2, -0.15) is 0 Å². The van der Waals surface area contributed by atoms with Gasteiger partial charge in [-0.3, -0.25) is 0 Å². The largest absolute Gasteiger partial charge is 0.377 e. The first-order chi connectivity index (χ1) is 9.84. The van der Waals surface area contributed by atoms with E-state index in [0.717, 1.165) is 13.0 Å². The molecule has 102 valence electrons.